The minimum atomic E-state index is 0.611. The van der Waals surface area contributed by atoms with E-state index in [0.29, 0.717) is 6.54 Å². The normalized spacial score (nSPS) is 14.2. The van der Waals surface area contributed by atoms with E-state index in [0.717, 1.165) is 47.8 Å². The molecule has 4 nitrogen and oxygen atoms in total. The molecule has 0 aliphatic carbocycles. The molecule has 0 fully saturated rings. The molecule has 0 radical (unpaired) electrons. The summed E-state index contributed by atoms with van der Waals surface area (Å²) in [5, 5.41) is 4.60. The summed E-state index contributed by atoms with van der Waals surface area (Å²) in [4.78, 5) is 8.68. The zero-order chi connectivity index (χ0) is 17.1. The summed E-state index contributed by atoms with van der Waals surface area (Å²) in [5.74, 6) is 2.09. The highest BCUT2D eigenvalue weighted by molar-refractivity contribution is 7.99. The zero-order valence-corrected chi connectivity index (χ0v) is 14.9. The van der Waals surface area contributed by atoms with Crippen LogP contribution in [0.1, 0.15) is 5.56 Å². The van der Waals surface area contributed by atoms with Crippen molar-refractivity contribution in [2.75, 3.05) is 35.6 Å². The lowest BCUT2D eigenvalue weighted by Crippen LogP contribution is -2.25. The maximum absolute atomic E-state index is 5.68. The van der Waals surface area contributed by atoms with Crippen molar-refractivity contribution in [3.8, 4) is 0 Å². The summed E-state index contributed by atoms with van der Waals surface area (Å²) in [6.45, 7) is 3.25. The highest BCUT2D eigenvalue weighted by atomic mass is 32.2. The number of rotatable bonds is 4. The third kappa shape index (κ3) is 3.43. The van der Waals surface area contributed by atoms with E-state index >= 15 is 0 Å². The molecule has 0 spiro atoms. The average Bonchev–Trinajstić information content (AvgIpc) is 2.88. The second-order valence-corrected chi connectivity index (χ2v) is 7.28. The number of fused-ring (bicyclic) bond motifs is 2. The summed E-state index contributed by atoms with van der Waals surface area (Å²) in [5.41, 5.74) is 9.18. The Kier molecular flexibility index (Phi) is 4.76. The third-order valence-corrected chi connectivity index (χ3v) is 5.54. The fraction of sp³-hybridized carbons (Fsp3) is 0.250. The van der Waals surface area contributed by atoms with Gasteiger partial charge in [0.15, 0.2) is 0 Å². The standard InChI is InChI=1S/C20H22N4S/c21-9-10-22-18-13-20(23-17-7-3-2-6-16(17)18)24-11-12-25-19-8-4-1-5-15(19)14-24/h1-8,13H,9-12,14,21H2,(H,22,23). The maximum atomic E-state index is 5.68. The first-order valence-electron chi connectivity index (χ1n) is 8.64. The van der Waals surface area contributed by atoms with E-state index in [2.05, 4.69) is 58.7 Å². The maximum Gasteiger partial charge on any atom is 0.131 e. The number of nitrogens with one attached hydrogen (secondary N) is 1. The van der Waals surface area contributed by atoms with Gasteiger partial charge in [0.05, 0.1) is 5.52 Å². The lowest BCUT2D eigenvalue weighted by molar-refractivity contribution is 0.821. The predicted molar refractivity (Wildman–Crippen MR) is 108 cm³/mol. The van der Waals surface area contributed by atoms with Crippen molar-refractivity contribution in [3.63, 3.8) is 0 Å². The van der Waals surface area contributed by atoms with Gasteiger partial charge >= 0.3 is 0 Å². The van der Waals surface area contributed by atoms with Crippen molar-refractivity contribution in [1.29, 1.82) is 0 Å². The fourth-order valence-corrected chi connectivity index (χ4v) is 4.22. The molecule has 4 rings (SSSR count). The van der Waals surface area contributed by atoms with Gasteiger partial charge in [-0.2, -0.15) is 0 Å². The van der Waals surface area contributed by atoms with Crippen LogP contribution < -0.4 is 16.0 Å². The van der Waals surface area contributed by atoms with Crippen LogP contribution in [0, 0.1) is 0 Å². The number of nitrogens with two attached hydrogens (primary N) is 1. The third-order valence-electron chi connectivity index (χ3n) is 4.44. The van der Waals surface area contributed by atoms with E-state index in [-0.39, 0.29) is 0 Å². The minimum absolute atomic E-state index is 0.611. The molecule has 3 N–H and O–H groups in total. The largest absolute Gasteiger partial charge is 0.383 e. The molecule has 0 atom stereocenters. The van der Waals surface area contributed by atoms with Gasteiger partial charge in [0, 0.05) is 54.0 Å². The van der Waals surface area contributed by atoms with E-state index in [1.165, 1.54) is 10.5 Å². The van der Waals surface area contributed by atoms with Crippen LogP contribution >= 0.6 is 11.8 Å². The SMILES string of the molecule is NCCNc1cc(N2CCSc3ccccc3C2)nc2ccccc12. The minimum Gasteiger partial charge on any atom is -0.383 e. The molecule has 1 aliphatic rings. The Labute approximate surface area is 152 Å². The van der Waals surface area contributed by atoms with E-state index < -0.39 is 0 Å². The van der Waals surface area contributed by atoms with Gasteiger partial charge in [-0.3, -0.25) is 0 Å². The van der Waals surface area contributed by atoms with Gasteiger partial charge in [-0.15, -0.1) is 11.8 Å². The van der Waals surface area contributed by atoms with Crippen LogP contribution in [0.15, 0.2) is 59.5 Å². The molecule has 25 heavy (non-hydrogen) atoms. The molecule has 0 amide bonds. The van der Waals surface area contributed by atoms with Crippen molar-refractivity contribution in [2.24, 2.45) is 5.73 Å². The van der Waals surface area contributed by atoms with Crippen molar-refractivity contribution in [1.82, 2.24) is 4.98 Å². The van der Waals surface area contributed by atoms with Gasteiger partial charge in [0.1, 0.15) is 5.82 Å². The van der Waals surface area contributed by atoms with E-state index in [1.54, 1.807) is 0 Å². The molecule has 0 saturated heterocycles. The number of thioether (sulfide) groups is 1. The van der Waals surface area contributed by atoms with Crippen LogP contribution in [-0.4, -0.2) is 30.4 Å². The smallest absolute Gasteiger partial charge is 0.131 e. The van der Waals surface area contributed by atoms with E-state index in [9.17, 15) is 0 Å². The van der Waals surface area contributed by atoms with Crippen molar-refractivity contribution >= 4 is 34.2 Å². The first kappa shape index (κ1) is 16.2. The van der Waals surface area contributed by atoms with Gasteiger partial charge in [0.2, 0.25) is 0 Å². The quantitative estimate of drug-likeness (QED) is 0.751. The van der Waals surface area contributed by atoms with Crippen LogP contribution in [0.4, 0.5) is 11.5 Å². The highest BCUT2D eigenvalue weighted by Crippen LogP contribution is 2.32. The molecule has 2 heterocycles. The number of aromatic nitrogens is 1. The van der Waals surface area contributed by atoms with Crippen LogP contribution in [-0.2, 0) is 6.54 Å². The van der Waals surface area contributed by atoms with E-state index in [4.69, 9.17) is 10.7 Å². The number of hydrogen-bond donors (Lipinski definition) is 2. The molecule has 0 unspecified atom stereocenters. The summed E-state index contributed by atoms with van der Waals surface area (Å²) in [6, 6.07) is 19.1. The Balaban J connectivity index is 1.73. The molecule has 128 valence electrons. The second kappa shape index (κ2) is 7.33. The van der Waals surface area contributed by atoms with Crippen molar-refractivity contribution < 1.29 is 0 Å². The van der Waals surface area contributed by atoms with Crippen LogP contribution in [0.25, 0.3) is 10.9 Å². The molecule has 0 saturated carbocycles. The Morgan fingerprint density at radius 1 is 1.12 bits per heavy atom. The summed E-state index contributed by atoms with van der Waals surface area (Å²) in [6.07, 6.45) is 0. The highest BCUT2D eigenvalue weighted by Gasteiger charge is 2.17. The fourth-order valence-electron chi connectivity index (χ4n) is 3.20. The predicted octanol–water partition coefficient (Wildman–Crippen LogP) is 3.72. The number of benzene rings is 2. The molecule has 2 aromatic carbocycles. The Hall–Kier alpha value is -2.24. The van der Waals surface area contributed by atoms with Gasteiger partial charge < -0.3 is 16.0 Å². The Morgan fingerprint density at radius 2 is 1.96 bits per heavy atom. The summed E-state index contributed by atoms with van der Waals surface area (Å²) in [7, 11) is 0. The van der Waals surface area contributed by atoms with Crippen molar-refractivity contribution in [2.45, 2.75) is 11.4 Å². The number of para-hydroxylation sites is 1. The number of hydrogen-bond acceptors (Lipinski definition) is 5. The second-order valence-electron chi connectivity index (χ2n) is 6.14. The Morgan fingerprint density at radius 3 is 2.88 bits per heavy atom. The molecule has 0 bridgehead atoms. The molecule has 3 aromatic rings. The number of pyridine rings is 1. The molecular formula is C20H22N4S. The lowest BCUT2D eigenvalue weighted by atomic mass is 10.1. The van der Waals surface area contributed by atoms with Gasteiger partial charge in [-0.1, -0.05) is 36.4 Å². The zero-order valence-electron chi connectivity index (χ0n) is 14.1. The molecular weight excluding hydrogens is 328 g/mol. The first-order chi connectivity index (χ1) is 12.3. The average molecular weight is 350 g/mol. The summed E-state index contributed by atoms with van der Waals surface area (Å²) < 4.78 is 0. The van der Waals surface area contributed by atoms with Crippen LogP contribution in [0.5, 0.6) is 0 Å². The Bertz CT molecular complexity index is 880. The monoisotopic (exact) mass is 350 g/mol. The number of nitrogens with zero attached hydrogens (tertiary/aromatic N) is 2. The number of anilines is 2. The molecule has 5 heteroatoms. The molecule has 1 aliphatic heterocycles. The van der Waals surface area contributed by atoms with Gasteiger partial charge in [-0.05, 0) is 17.7 Å². The van der Waals surface area contributed by atoms with Gasteiger partial charge in [0.25, 0.3) is 0 Å². The van der Waals surface area contributed by atoms with Crippen LogP contribution in [0.3, 0.4) is 0 Å². The van der Waals surface area contributed by atoms with Gasteiger partial charge in [-0.25, -0.2) is 4.98 Å². The van der Waals surface area contributed by atoms with Crippen LogP contribution in [0.2, 0.25) is 0 Å². The summed E-state index contributed by atoms with van der Waals surface area (Å²) >= 11 is 1.93. The first-order valence-corrected chi connectivity index (χ1v) is 9.63. The van der Waals surface area contributed by atoms with E-state index in [1.807, 2.05) is 17.8 Å². The molecule has 1 aromatic heterocycles. The van der Waals surface area contributed by atoms with Crippen molar-refractivity contribution in [3.05, 3.63) is 60.2 Å². The topological polar surface area (TPSA) is 54.2 Å². The lowest BCUT2D eigenvalue weighted by Gasteiger charge is -2.23.